The van der Waals surface area contributed by atoms with Crippen molar-refractivity contribution < 1.29 is 4.74 Å². The van der Waals surface area contributed by atoms with Crippen molar-refractivity contribution in [2.75, 3.05) is 20.2 Å². The summed E-state index contributed by atoms with van der Waals surface area (Å²) < 4.78 is 5.53. The average Bonchev–Trinajstić information content (AvgIpc) is 3.13. The molecule has 2 rings (SSSR count). The van der Waals surface area contributed by atoms with Crippen molar-refractivity contribution in [2.24, 2.45) is 0 Å². The molecule has 5 heteroatoms. The number of aromatic nitrogens is 2. The Morgan fingerprint density at radius 2 is 2.29 bits per heavy atom. The van der Waals surface area contributed by atoms with Gasteiger partial charge in [0.2, 0.25) is 0 Å². The molecule has 1 aromatic heterocycles. The van der Waals surface area contributed by atoms with Crippen LogP contribution in [0.5, 0.6) is 6.01 Å². The van der Waals surface area contributed by atoms with Gasteiger partial charge in [0.15, 0.2) is 0 Å². The third-order valence-corrected chi connectivity index (χ3v) is 3.34. The Balaban J connectivity index is 1.80. The van der Waals surface area contributed by atoms with Gasteiger partial charge < -0.3 is 9.64 Å². The molecule has 0 bridgehead atoms. The first-order chi connectivity index (χ1) is 8.20. The number of nitrogens with zero attached hydrogens (tertiary/aromatic N) is 3. The lowest BCUT2D eigenvalue weighted by atomic mass is 10.3. The van der Waals surface area contributed by atoms with E-state index in [0.29, 0.717) is 18.5 Å². The van der Waals surface area contributed by atoms with Crippen LogP contribution in [0, 0.1) is 6.92 Å². The van der Waals surface area contributed by atoms with Crippen molar-refractivity contribution in [2.45, 2.75) is 31.7 Å². The molecule has 1 aliphatic rings. The zero-order valence-electron chi connectivity index (χ0n) is 10.3. The molecule has 0 amide bonds. The molecule has 1 aromatic rings. The average molecular weight is 256 g/mol. The zero-order valence-corrected chi connectivity index (χ0v) is 11.1. The molecule has 17 heavy (non-hydrogen) atoms. The number of halogens is 1. The number of likely N-dealkylation sites (N-methyl/N-ethyl adjacent to an activating group) is 1. The molecular weight excluding hydrogens is 238 g/mol. The normalized spacial score (nSPS) is 15.3. The van der Waals surface area contributed by atoms with Crippen molar-refractivity contribution in [3.05, 3.63) is 17.5 Å². The van der Waals surface area contributed by atoms with Crippen LogP contribution in [0.3, 0.4) is 0 Å². The largest absolute Gasteiger partial charge is 0.462 e. The Kier molecular flexibility index (Phi) is 4.18. The second-order valence-electron chi connectivity index (χ2n) is 4.46. The number of aryl methyl sites for hydroxylation is 1. The maximum atomic E-state index is 5.74. The predicted molar refractivity (Wildman–Crippen MR) is 67.5 cm³/mol. The second kappa shape index (κ2) is 5.65. The van der Waals surface area contributed by atoms with E-state index in [1.54, 1.807) is 6.20 Å². The summed E-state index contributed by atoms with van der Waals surface area (Å²) in [5.41, 5.74) is 1.84. The topological polar surface area (TPSA) is 38.2 Å². The molecule has 1 aliphatic carbocycles. The van der Waals surface area contributed by atoms with Gasteiger partial charge in [-0.3, -0.25) is 0 Å². The minimum absolute atomic E-state index is 0.441. The van der Waals surface area contributed by atoms with Gasteiger partial charge in [-0.25, -0.2) is 9.97 Å². The number of hydrogen-bond donors (Lipinski definition) is 0. The van der Waals surface area contributed by atoms with E-state index in [0.717, 1.165) is 23.8 Å². The number of rotatable bonds is 6. The molecule has 0 aliphatic heterocycles. The minimum Gasteiger partial charge on any atom is -0.462 e. The molecule has 94 valence electrons. The van der Waals surface area contributed by atoms with Crippen LogP contribution in [-0.2, 0) is 5.88 Å². The molecule has 1 saturated carbocycles. The smallest absolute Gasteiger partial charge is 0.316 e. The highest BCUT2D eigenvalue weighted by molar-refractivity contribution is 6.17. The summed E-state index contributed by atoms with van der Waals surface area (Å²) in [6, 6.07) is 1.21. The summed E-state index contributed by atoms with van der Waals surface area (Å²) in [6.07, 6.45) is 4.36. The second-order valence-corrected chi connectivity index (χ2v) is 4.72. The van der Waals surface area contributed by atoms with Crippen LogP contribution in [0.2, 0.25) is 0 Å². The highest BCUT2D eigenvalue weighted by Crippen LogP contribution is 2.24. The molecule has 0 spiro atoms. The maximum Gasteiger partial charge on any atom is 0.316 e. The lowest BCUT2D eigenvalue weighted by Crippen LogP contribution is -2.26. The van der Waals surface area contributed by atoms with Crippen LogP contribution in [0.25, 0.3) is 0 Å². The summed E-state index contributed by atoms with van der Waals surface area (Å²) >= 11 is 5.74. The highest BCUT2D eigenvalue weighted by Gasteiger charge is 2.25. The SMILES string of the molecule is Cc1nc(OCCN(C)C2CC2)ncc1CCl. The van der Waals surface area contributed by atoms with Gasteiger partial charge in [-0.1, -0.05) is 0 Å². The van der Waals surface area contributed by atoms with E-state index in [4.69, 9.17) is 16.3 Å². The molecule has 0 saturated heterocycles. The van der Waals surface area contributed by atoms with Crippen LogP contribution in [0.1, 0.15) is 24.1 Å². The minimum atomic E-state index is 0.441. The molecule has 0 radical (unpaired) electrons. The van der Waals surface area contributed by atoms with Crippen LogP contribution in [0.15, 0.2) is 6.20 Å². The van der Waals surface area contributed by atoms with Gasteiger partial charge in [0, 0.05) is 30.0 Å². The first-order valence-electron chi connectivity index (χ1n) is 5.92. The van der Waals surface area contributed by atoms with Gasteiger partial charge in [-0.05, 0) is 26.8 Å². The molecule has 1 heterocycles. The lowest BCUT2D eigenvalue weighted by molar-refractivity contribution is 0.220. The first kappa shape index (κ1) is 12.6. The van der Waals surface area contributed by atoms with Crippen molar-refractivity contribution in [1.82, 2.24) is 14.9 Å². The van der Waals surface area contributed by atoms with Crippen molar-refractivity contribution in [3.8, 4) is 6.01 Å². The van der Waals surface area contributed by atoms with Gasteiger partial charge in [-0.2, -0.15) is 0 Å². The molecule has 0 N–H and O–H groups in total. The molecule has 4 nitrogen and oxygen atoms in total. The monoisotopic (exact) mass is 255 g/mol. The van der Waals surface area contributed by atoms with Crippen LogP contribution < -0.4 is 4.74 Å². The summed E-state index contributed by atoms with van der Waals surface area (Å²) in [4.78, 5) is 10.7. The van der Waals surface area contributed by atoms with Crippen molar-refractivity contribution in [3.63, 3.8) is 0 Å². The summed E-state index contributed by atoms with van der Waals surface area (Å²) in [7, 11) is 2.13. The van der Waals surface area contributed by atoms with E-state index < -0.39 is 0 Å². The Hall–Kier alpha value is -0.870. The Morgan fingerprint density at radius 1 is 1.53 bits per heavy atom. The van der Waals surface area contributed by atoms with Gasteiger partial charge in [0.25, 0.3) is 0 Å². The molecule has 0 unspecified atom stereocenters. The third kappa shape index (κ3) is 3.54. The van der Waals surface area contributed by atoms with E-state index in [-0.39, 0.29) is 0 Å². The standard InChI is InChI=1S/C12H18ClN3O/c1-9-10(7-13)8-14-12(15-9)17-6-5-16(2)11-3-4-11/h8,11H,3-7H2,1-2H3. The number of alkyl halides is 1. The first-order valence-corrected chi connectivity index (χ1v) is 6.45. The summed E-state index contributed by atoms with van der Waals surface area (Å²) in [5, 5.41) is 0. The van der Waals surface area contributed by atoms with E-state index in [1.807, 2.05) is 6.92 Å². The van der Waals surface area contributed by atoms with E-state index in [9.17, 15) is 0 Å². The molecular formula is C12H18ClN3O. The Morgan fingerprint density at radius 3 is 2.88 bits per heavy atom. The van der Waals surface area contributed by atoms with Gasteiger partial charge in [0.05, 0.1) is 5.88 Å². The summed E-state index contributed by atoms with van der Waals surface area (Å²) in [5.74, 6) is 0.441. The van der Waals surface area contributed by atoms with Gasteiger partial charge in [0.1, 0.15) is 6.61 Å². The molecule has 0 aromatic carbocycles. The van der Waals surface area contributed by atoms with Crippen molar-refractivity contribution in [1.29, 1.82) is 0 Å². The lowest BCUT2D eigenvalue weighted by Gasteiger charge is -2.15. The predicted octanol–water partition coefficient (Wildman–Crippen LogP) is 2.00. The number of hydrogen-bond acceptors (Lipinski definition) is 4. The maximum absolute atomic E-state index is 5.74. The van der Waals surface area contributed by atoms with E-state index in [1.165, 1.54) is 12.8 Å². The van der Waals surface area contributed by atoms with Crippen LogP contribution in [0.4, 0.5) is 0 Å². The van der Waals surface area contributed by atoms with Gasteiger partial charge >= 0.3 is 6.01 Å². The van der Waals surface area contributed by atoms with E-state index >= 15 is 0 Å². The molecule has 0 atom stereocenters. The fourth-order valence-electron chi connectivity index (χ4n) is 1.65. The van der Waals surface area contributed by atoms with Crippen LogP contribution in [-0.4, -0.2) is 41.1 Å². The fourth-order valence-corrected chi connectivity index (χ4v) is 1.91. The van der Waals surface area contributed by atoms with Gasteiger partial charge in [-0.15, -0.1) is 11.6 Å². The third-order valence-electron chi connectivity index (χ3n) is 3.05. The Labute approximate surface area is 107 Å². The Bertz CT molecular complexity index is 382. The number of ether oxygens (including phenoxy) is 1. The fraction of sp³-hybridized carbons (Fsp3) is 0.667. The zero-order chi connectivity index (χ0) is 12.3. The van der Waals surface area contributed by atoms with E-state index in [2.05, 4.69) is 21.9 Å². The van der Waals surface area contributed by atoms with Crippen LogP contribution >= 0.6 is 11.6 Å². The van der Waals surface area contributed by atoms with Crippen molar-refractivity contribution >= 4 is 11.6 Å². The highest BCUT2D eigenvalue weighted by atomic mass is 35.5. The quantitative estimate of drug-likeness (QED) is 0.729. The summed E-state index contributed by atoms with van der Waals surface area (Å²) in [6.45, 7) is 3.47. The molecule has 1 fully saturated rings.